The number of Topliss-reactive ketones (excluding diaryl/α,β-unsaturated/α-hetero) is 2. The summed E-state index contributed by atoms with van der Waals surface area (Å²) in [7, 11) is 1.96. The zero-order valence-corrected chi connectivity index (χ0v) is 27.1. The van der Waals surface area contributed by atoms with Crippen molar-refractivity contribution in [3.05, 3.63) is 116 Å². The number of carboxylic acids is 1. The van der Waals surface area contributed by atoms with Crippen LogP contribution < -0.4 is 0 Å². The lowest BCUT2D eigenvalue weighted by molar-refractivity contribution is 0.0654. The second-order valence-corrected chi connectivity index (χ2v) is 11.4. The molecule has 250 valence electrons. The standard InChI is InChI=1S/C20H18N2O5.C15H8O6.ClH/c1-11(23)18-15(20(26)22-9-7-21(2)8-10-22)14-16(24)12-5-3-4-6-13(12)17(25)19(14)27-18;1-6(16)13-10(15(19)20)9-11(17)7-4-2-3-5-8(7)12(18)14(9)21-13;/h3-6H,7-10H2,1-2H3;2-5H,1H3,(H,19,20);1H. The number of hydrogen-bond donors (Lipinski definition) is 1. The van der Waals surface area contributed by atoms with E-state index in [0.717, 1.165) is 6.92 Å². The molecule has 1 saturated heterocycles. The number of carbonyl (C=O) groups excluding carboxylic acids is 7. The Balaban J connectivity index is 0.000000193. The molecule has 1 fully saturated rings. The Bertz CT molecular complexity index is 2150. The predicted molar refractivity (Wildman–Crippen MR) is 172 cm³/mol. The minimum Gasteiger partial charge on any atom is -0.478 e. The molecule has 49 heavy (non-hydrogen) atoms. The van der Waals surface area contributed by atoms with Gasteiger partial charge in [0, 0.05) is 62.3 Å². The van der Waals surface area contributed by atoms with Gasteiger partial charge in [0.05, 0.1) is 11.1 Å². The van der Waals surface area contributed by atoms with Crippen molar-refractivity contribution in [3.63, 3.8) is 0 Å². The number of amides is 1. The molecule has 0 bridgehead atoms. The summed E-state index contributed by atoms with van der Waals surface area (Å²) in [5.74, 6) is -6.58. The topological polar surface area (TPSA) is 190 Å². The molecule has 2 aliphatic carbocycles. The van der Waals surface area contributed by atoms with E-state index >= 15 is 0 Å². The Morgan fingerprint density at radius 3 is 1.37 bits per heavy atom. The van der Waals surface area contributed by atoms with Gasteiger partial charge in [0.2, 0.25) is 11.6 Å². The fourth-order valence-electron chi connectivity index (χ4n) is 5.96. The zero-order chi connectivity index (χ0) is 34.6. The number of nitrogens with zero attached hydrogens (tertiary/aromatic N) is 2. The van der Waals surface area contributed by atoms with Crippen molar-refractivity contribution in [1.82, 2.24) is 9.80 Å². The van der Waals surface area contributed by atoms with Crippen LogP contribution in [0.25, 0.3) is 0 Å². The Hall–Kier alpha value is -5.79. The lowest BCUT2D eigenvalue weighted by Gasteiger charge is -2.32. The number of aromatic carboxylic acids is 1. The van der Waals surface area contributed by atoms with E-state index in [0.29, 0.717) is 26.2 Å². The van der Waals surface area contributed by atoms with Crippen molar-refractivity contribution >= 4 is 59.0 Å². The van der Waals surface area contributed by atoms with Gasteiger partial charge in [-0.05, 0) is 7.05 Å². The third-order valence-corrected chi connectivity index (χ3v) is 8.37. The van der Waals surface area contributed by atoms with Crippen molar-refractivity contribution in [2.75, 3.05) is 33.2 Å². The van der Waals surface area contributed by atoms with Crippen LogP contribution in [-0.4, -0.2) is 94.7 Å². The van der Waals surface area contributed by atoms with Gasteiger partial charge in [-0.25, -0.2) is 4.79 Å². The average Bonchev–Trinajstić information content (AvgIpc) is 3.68. The van der Waals surface area contributed by atoms with Gasteiger partial charge in [-0.2, -0.15) is 0 Å². The Kier molecular flexibility index (Phi) is 9.18. The van der Waals surface area contributed by atoms with Gasteiger partial charge in [0.15, 0.2) is 46.2 Å². The number of carboxylic acid groups (broad SMARTS) is 1. The molecular formula is C35H27ClN2O11. The minimum atomic E-state index is -1.48. The third-order valence-electron chi connectivity index (χ3n) is 8.37. The first kappa shape index (κ1) is 34.5. The van der Waals surface area contributed by atoms with Gasteiger partial charge < -0.3 is 23.7 Å². The molecule has 0 spiro atoms. The molecule has 13 nitrogen and oxygen atoms in total. The maximum atomic E-state index is 13.2. The number of ketones is 6. The monoisotopic (exact) mass is 686 g/mol. The fourth-order valence-corrected chi connectivity index (χ4v) is 5.96. The van der Waals surface area contributed by atoms with Crippen molar-refractivity contribution in [2.24, 2.45) is 0 Å². The quantitative estimate of drug-likeness (QED) is 0.263. The molecule has 0 radical (unpaired) electrons. The number of likely N-dealkylation sites (N-methyl/N-ethyl adjacent to an activating group) is 1. The second kappa shape index (κ2) is 13.0. The molecule has 7 rings (SSSR count). The molecular weight excluding hydrogens is 660 g/mol. The zero-order valence-electron chi connectivity index (χ0n) is 26.3. The predicted octanol–water partition coefficient (Wildman–Crippen LogP) is 4.02. The van der Waals surface area contributed by atoms with Gasteiger partial charge in [0.1, 0.15) is 11.1 Å². The van der Waals surface area contributed by atoms with E-state index in [1.165, 1.54) is 25.1 Å². The van der Waals surface area contributed by atoms with Crippen LogP contribution in [0.1, 0.15) is 120 Å². The SMILES string of the molecule is CC(=O)c1oc2c(c1C(=O)N1CCN(C)CC1)C(=O)c1ccccc1C2=O.CC(=O)c1oc2c(c1C(=O)O)C(=O)c1ccccc1C2=O.Cl. The van der Waals surface area contributed by atoms with Gasteiger partial charge >= 0.3 is 5.97 Å². The van der Waals surface area contributed by atoms with E-state index in [1.807, 2.05) is 7.05 Å². The van der Waals surface area contributed by atoms with Crippen LogP contribution >= 0.6 is 12.4 Å². The molecule has 2 aromatic heterocycles. The lowest BCUT2D eigenvalue weighted by Crippen LogP contribution is -2.47. The molecule has 0 atom stereocenters. The largest absolute Gasteiger partial charge is 0.478 e. The van der Waals surface area contributed by atoms with Crippen LogP contribution in [0.15, 0.2) is 57.4 Å². The molecule has 1 N–H and O–H groups in total. The molecule has 1 aliphatic heterocycles. The first-order chi connectivity index (χ1) is 22.8. The molecule has 1 amide bonds. The summed E-state index contributed by atoms with van der Waals surface area (Å²) in [4.78, 5) is 102. The van der Waals surface area contributed by atoms with Crippen LogP contribution in [-0.2, 0) is 0 Å². The fraction of sp³-hybridized carbons (Fsp3) is 0.200. The normalized spacial score (nSPS) is 14.8. The molecule has 14 heteroatoms. The van der Waals surface area contributed by atoms with Crippen molar-refractivity contribution < 1.29 is 52.3 Å². The Morgan fingerprint density at radius 2 is 0.980 bits per heavy atom. The first-order valence-corrected chi connectivity index (χ1v) is 14.8. The maximum Gasteiger partial charge on any atom is 0.340 e. The lowest BCUT2D eigenvalue weighted by atomic mass is 9.86. The van der Waals surface area contributed by atoms with E-state index in [1.54, 1.807) is 35.2 Å². The second-order valence-electron chi connectivity index (χ2n) is 11.4. The van der Waals surface area contributed by atoms with E-state index < -0.39 is 57.9 Å². The third kappa shape index (κ3) is 5.62. The maximum absolute atomic E-state index is 13.2. The van der Waals surface area contributed by atoms with E-state index in [4.69, 9.17) is 8.83 Å². The molecule has 0 saturated carbocycles. The summed E-state index contributed by atoms with van der Waals surface area (Å²) in [5.41, 5.74) is -0.399. The van der Waals surface area contributed by atoms with Gasteiger partial charge in [-0.15, -0.1) is 12.4 Å². The van der Waals surface area contributed by atoms with Crippen molar-refractivity contribution in [1.29, 1.82) is 0 Å². The molecule has 0 unspecified atom stereocenters. The van der Waals surface area contributed by atoms with Crippen LogP contribution in [0.2, 0.25) is 0 Å². The van der Waals surface area contributed by atoms with E-state index in [-0.39, 0.29) is 68.6 Å². The van der Waals surface area contributed by atoms with Crippen LogP contribution in [0.4, 0.5) is 0 Å². The summed E-state index contributed by atoms with van der Waals surface area (Å²) in [5, 5.41) is 9.24. The molecule has 4 aromatic rings. The summed E-state index contributed by atoms with van der Waals surface area (Å²) in [6.45, 7) is 4.70. The highest BCUT2D eigenvalue weighted by Gasteiger charge is 2.42. The van der Waals surface area contributed by atoms with Crippen LogP contribution in [0.5, 0.6) is 0 Å². The van der Waals surface area contributed by atoms with E-state index in [2.05, 4.69) is 4.90 Å². The summed E-state index contributed by atoms with van der Waals surface area (Å²) in [6.07, 6.45) is 0. The molecule has 3 aliphatic rings. The number of piperazine rings is 1. The van der Waals surface area contributed by atoms with Crippen LogP contribution in [0, 0.1) is 0 Å². The molecule has 3 heterocycles. The number of hydrogen-bond acceptors (Lipinski definition) is 11. The highest BCUT2D eigenvalue weighted by molar-refractivity contribution is 6.32. The highest BCUT2D eigenvalue weighted by Crippen LogP contribution is 2.35. The Labute approximate surface area is 283 Å². The minimum absolute atomic E-state index is 0. The van der Waals surface area contributed by atoms with Gasteiger partial charge in [-0.3, -0.25) is 33.6 Å². The smallest absolute Gasteiger partial charge is 0.340 e. The number of fused-ring (bicyclic) bond motifs is 4. The number of rotatable bonds is 4. The molecule has 2 aromatic carbocycles. The number of benzene rings is 2. The average molecular weight is 687 g/mol. The van der Waals surface area contributed by atoms with Crippen LogP contribution in [0.3, 0.4) is 0 Å². The highest BCUT2D eigenvalue weighted by atomic mass is 35.5. The summed E-state index contributed by atoms with van der Waals surface area (Å²) >= 11 is 0. The van der Waals surface area contributed by atoms with E-state index in [9.17, 15) is 43.5 Å². The number of furan rings is 2. The van der Waals surface area contributed by atoms with Crippen molar-refractivity contribution in [3.8, 4) is 0 Å². The number of halogens is 1. The van der Waals surface area contributed by atoms with Gasteiger partial charge in [0.25, 0.3) is 5.91 Å². The van der Waals surface area contributed by atoms with Gasteiger partial charge in [-0.1, -0.05) is 48.5 Å². The summed E-state index contributed by atoms with van der Waals surface area (Å²) < 4.78 is 10.6. The summed E-state index contributed by atoms with van der Waals surface area (Å²) in [6, 6.07) is 12.4. The Morgan fingerprint density at radius 1 is 0.612 bits per heavy atom. The first-order valence-electron chi connectivity index (χ1n) is 14.8. The number of carbonyl (C=O) groups is 8. The van der Waals surface area contributed by atoms with Crippen molar-refractivity contribution in [2.45, 2.75) is 13.8 Å².